The number of nitrogens with one attached hydrogen (secondary N) is 2. The molecule has 0 bridgehead atoms. The quantitative estimate of drug-likeness (QED) is 0.239. The van der Waals surface area contributed by atoms with E-state index in [2.05, 4.69) is 41.3 Å². The maximum absolute atomic E-state index is 12.8. The summed E-state index contributed by atoms with van der Waals surface area (Å²) in [6.07, 6.45) is 17.8. The molecule has 1 aromatic carbocycles. The van der Waals surface area contributed by atoms with Gasteiger partial charge < -0.3 is 25.0 Å². The molecule has 0 radical (unpaired) electrons. The summed E-state index contributed by atoms with van der Waals surface area (Å²) in [6.45, 7) is 4.35. The number of aromatic amines is 1. The SMILES string of the molecule is C#C[C@@]1(O)CCC2C3CCC4=C/C(=N/OCC(=O)NC(Cc5c[nH]c6ccccc56)C(=O)OC)CCC4(C)C3CCC21C. The van der Waals surface area contributed by atoms with Gasteiger partial charge in [0.15, 0.2) is 6.61 Å². The highest BCUT2D eigenvalue weighted by Crippen LogP contribution is 2.67. The predicted molar refractivity (Wildman–Crippen MR) is 165 cm³/mol. The Balaban J connectivity index is 1.08. The Morgan fingerprint density at radius 3 is 2.74 bits per heavy atom. The second-order valence-corrected chi connectivity index (χ2v) is 13.6. The third kappa shape index (κ3) is 4.96. The fraction of sp³-hybridized carbons (Fsp3) is 0.571. The average molecular weight is 586 g/mol. The minimum atomic E-state index is -0.983. The van der Waals surface area contributed by atoms with Crippen molar-refractivity contribution in [2.45, 2.75) is 83.3 Å². The number of hydrogen-bond acceptors (Lipinski definition) is 6. The molecule has 3 saturated carbocycles. The van der Waals surface area contributed by atoms with Crippen molar-refractivity contribution in [3.8, 4) is 12.3 Å². The molecule has 6 unspecified atom stereocenters. The minimum absolute atomic E-state index is 0.105. The molecule has 8 heteroatoms. The van der Waals surface area contributed by atoms with Crippen LogP contribution in [0.5, 0.6) is 0 Å². The zero-order chi connectivity index (χ0) is 30.4. The molecule has 0 aliphatic heterocycles. The van der Waals surface area contributed by atoms with Gasteiger partial charge in [0.1, 0.15) is 11.6 Å². The van der Waals surface area contributed by atoms with Crippen molar-refractivity contribution >= 4 is 28.5 Å². The van der Waals surface area contributed by atoms with Gasteiger partial charge in [-0.15, -0.1) is 6.42 Å². The van der Waals surface area contributed by atoms with Crippen LogP contribution in [0.2, 0.25) is 0 Å². The number of allylic oxidation sites excluding steroid dienone is 2. The summed E-state index contributed by atoms with van der Waals surface area (Å²) in [4.78, 5) is 33.9. The Hall–Kier alpha value is -3.57. The van der Waals surface area contributed by atoms with Gasteiger partial charge in [0.05, 0.1) is 12.8 Å². The molecule has 1 heterocycles. The summed E-state index contributed by atoms with van der Waals surface area (Å²) in [5.41, 5.74) is 3.08. The van der Waals surface area contributed by atoms with Gasteiger partial charge >= 0.3 is 5.97 Å². The lowest BCUT2D eigenvalue weighted by molar-refractivity contribution is -0.145. The number of aromatic nitrogens is 1. The van der Waals surface area contributed by atoms with Crippen LogP contribution in [-0.2, 0) is 25.6 Å². The largest absolute Gasteiger partial charge is 0.467 e. The van der Waals surface area contributed by atoms with Crippen LogP contribution in [0.15, 0.2) is 47.3 Å². The van der Waals surface area contributed by atoms with Gasteiger partial charge in [-0.3, -0.25) is 4.79 Å². The number of aliphatic hydroxyl groups is 1. The molecule has 228 valence electrons. The van der Waals surface area contributed by atoms with E-state index in [0.717, 1.165) is 67.1 Å². The van der Waals surface area contributed by atoms with E-state index in [0.29, 0.717) is 30.6 Å². The molecule has 2 aromatic rings. The van der Waals surface area contributed by atoms with Gasteiger partial charge in [-0.1, -0.05) is 48.7 Å². The lowest BCUT2D eigenvalue weighted by Gasteiger charge is -2.58. The molecule has 1 amide bonds. The molecule has 8 nitrogen and oxygen atoms in total. The summed E-state index contributed by atoms with van der Waals surface area (Å²) in [7, 11) is 1.31. The molecule has 3 N–H and O–H groups in total. The van der Waals surface area contributed by atoms with E-state index in [-0.39, 0.29) is 17.4 Å². The number of H-pyrrole nitrogens is 1. The average Bonchev–Trinajstić information content (AvgIpc) is 3.54. The van der Waals surface area contributed by atoms with E-state index in [1.807, 2.05) is 30.5 Å². The van der Waals surface area contributed by atoms with E-state index < -0.39 is 23.5 Å². The molecule has 3 fully saturated rings. The number of nitrogens with zero attached hydrogens (tertiary/aromatic N) is 1. The van der Waals surface area contributed by atoms with Gasteiger partial charge in [-0.25, -0.2) is 4.79 Å². The molecular formula is C35H43N3O5. The van der Waals surface area contributed by atoms with Crippen LogP contribution in [0.25, 0.3) is 10.9 Å². The fourth-order valence-corrected chi connectivity index (χ4v) is 9.16. The second-order valence-electron chi connectivity index (χ2n) is 13.6. The molecule has 0 saturated heterocycles. The monoisotopic (exact) mass is 585 g/mol. The van der Waals surface area contributed by atoms with E-state index in [1.54, 1.807) is 0 Å². The highest BCUT2D eigenvalue weighted by atomic mass is 16.6. The number of rotatable bonds is 7. The van der Waals surface area contributed by atoms with Gasteiger partial charge in [-0.05, 0) is 92.2 Å². The Morgan fingerprint density at radius 1 is 1.16 bits per heavy atom. The Bertz CT molecular complexity index is 1520. The van der Waals surface area contributed by atoms with E-state index in [9.17, 15) is 14.7 Å². The van der Waals surface area contributed by atoms with Crippen molar-refractivity contribution in [3.63, 3.8) is 0 Å². The first-order valence-electron chi connectivity index (χ1n) is 15.6. The number of oxime groups is 1. The number of benzene rings is 1. The van der Waals surface area contributed by atoms with Crippen molar-refractivity contribution in [3.05, 3.63) is 47.7 Å². The Labute approximate surface area is 253 Å². The maximum atomic E-state index is 12.8. The maximum Gasteiger partial charge on any atom is 0.328 e. The van der Waals surface area contributed by atoms with E-state index in [1.165, 1.54) is 12.7 Å². The zero-order valence-corrected chi connectivity index (χ0v) is 25.4. The highest BCUT2D eigenvalue weighted by Gasteiger charge is 2.63. The van der Waals surface area contributed by atoms with Crippen LogP contribution < -0.4 is 5.32 Å². The van der Waals surface area contributed by atoms with Gasteiger partial charge in [0.2, 0.25) is 0 Å². The number of ether oxygens (including phenoxy) is 1. The Kier molecular flexibility index (Phi) is 7.66. The molecule has 6 rings (SSSR count). The summed E-state index contributed by atoms with van der Waals surface area (Å²) >= 11 is 0. The first-order valence-corrected chi connectivity index (χ1v) is 15.6. The van der Waals surface area contributed by atoms with Crippen LogP contribution in [0.4, 0.5) is 0 Å². The normalized spacial score (nSPS) is 34.7. The van der Waals surface area contributed by atoms with Gasteiger partial charge in [-0.2, -0.15) is 0 Å². The van der Waals surface area contributed by atoms with Crippen LogP contribution >= 0.6 is 0 Å². The molecule has 0 spiro atoms. The standard InChI is InChI=1S/C35H43N3O5/c1-5-35(41)17-14-28-26-11-10-23-19-24(12-15-33(23,2)27(26)13-16-34(28,35)3)38-43-21-31(39)37-30(32(40)42-4)18-22-20-36-29-9-7-6-8-25(22)29/h1,6-9,19-20,26-28,30,36,41H,10-18,21H2,2-4H3,(H,37,39)/b38-24+/t26?,27?,28?,30?,33?,34?,35-/m1/s1. The van der Waals surface area contributed by atoms with Crippen molar-refractivity contribution in [2.75, 3.05) is 13.7 Å². The molecule has 4 aliphatic carbocycles. The van der Waals surface area contributed by atoms with Crippen LogP contribution in [0, 0.1) is 40.9 Å². The third-order valence-electron chi connectivity index (χ3n) is 11.7. The molecule has 1 aromatic heterocycles. The smallest absolute Gasteiger partial charge is 0.328 e. The van der Waals surface area contributed by atoms with Crippen LogP contribution in [0.3, 0.4) is 0 Å². The van der Waals surface area contributed by atoms with Crippen LogP contribution in [0.1, 0.15) is 70.8 Å². The molecular weight excluding hydrogens is 542 g/mol. The van der Waals surface area contributed by atoms with Crippen molar-refractivity contribution in [1.82, 2.24) is 10.3 Å². The van der Waals surface area contributed by atoms with Gasteiger partial charge in [0, 0.05) is 28.9 Å². The first kappa shape index (κ1) is 29.5. The van der Waals surface area contributed by atoms with Crippen LogP contribution in [-0.4, -0.2) is 53.0 Å². The number of carbonyl (C=O) groups is 2. The fourth-order valence-electron chi connectivity index (χ4n) is 9.16. The van der Waals surface area contributed by atoms with Crippen molar-refractivity contribution in [2.24, 2.45) is 33.7 Å². The minimum Gasteiger partial charge on any atom is -0.467 e. The topological polar surface area (TPSA) is 113 Å². The summed E-state index contributed by atoms with van der Waals surface area (Å²) in [6, 6.07) is 6.98. The number of esters is 1. The number of carbonyl (C=O) groups excluding carboxylic acids is 2. The van der Waals surface area contributed by atoms with E-state index >= 15 is 0 Å². The third-order valence-corrected chi connectivity index (χ3v) is 11.7. The zero-order valence-electron chi connectivity index (χ0n) is 25.4. The number of methoxy groups -OCH3 is 1. The predicted octanol–water partition coefficient (Wildman–Crippen LogP) is 5.07. The first-order chi connectivity index (χ1) is 20.6. The number of hydrogen-bond donors (Lipinski definition) is 3. The lowest BCUT2D eigenvalue weighted by atomic mass is 9.46. The number of para-hydroxylation sites is 1. The number of fused-ring (bicyclic) bond motifs is 6. The summed E-state index contributed by atoms with van der Waals surface area (Å²) in [5, 5.41) is 19.3. The number of terminal acetylenes is 1. The van der Waals surface area contributed by atoms with Crippen molar-refractivity contribution in [1.29, 1.82) is 0 Å². The lowest BCUT2D eigenvalue weighted by Crippen LogP contribution is -2.54. The summed E-state index contributed by atoms with van der Waals surface area (Å²) < 4.78 is 4.95. The molecule has 43 heavy (non-hydrogen) atoms. The molecule has 4 aliphatic rings. The highest BCUT2D eigenvalue weighted by molar-refractivity contribution is 5.96. The number of amides is 1. The van der Waals surface area contributed by atoms with Crippen molar-refractivity contribution < 1.29 is 24.3 Å². The van der Waals surface area contributed by atoms with Gasteiger partial charge in [0.25, 0.3) is 5.91 Å². The summed E-state index contributed by atoms with van der Waals surface area (Å²) in [5.74, 6) is 3.45. The molecule has 7 atom stereocenters. The Morgan fingerprint density at radius 2 is 1.95 bits per heavy atom. The van der Waals surface area contributed by atoms with E-state index in [4.69, 9.17) is 16.0 Å². The second kappa shape index (κ2) is 11.2.